The quantitative estimate of drug-likeness (QED) is 0.422. The van der Waals surface area contributed by atoms with Gasteiger partial charge in [0.1, 0.15) is 0 Å². The number of ether oxygens (including phenoxy) is 1. The van der Waals surface area contributed by atoms with Crippen molar-refractivity contribution in [2.75, 3.05) is 6.61 Å². The second-order valence-corrected chi connectivity index (χ2v) is 10.5. The normalized spacial score (nSPS) is 11.5. The third-order valence-electron chi connectivity index (χ3n) is 5.03. The molecule has 0 fully saturated rings. The predicted octanol–water partition coefficient (Wildman–Crippen LogP) is 4.85. The monoisotopic (exact) mass is 489 g/mol. The summed E-state index contributed by atoms with van der Waals surface area (Å²) in [6, 6.07) is 9.04. The summed E-state index contributed by atoms with van der Waals surface area (Å²) < 4.78 is 8.54. The minimum Gasteiger partial charge on any atom is -0.466 e. The zero-order valence-corrected chi connectivity index (χ0v) is 20.8. The van der Waals surface area contributed by atoms with Gasteiger partial charge in [0.15, 0.2) is 0 Å². The van der Waals surface area contributed by atoms with Gasteiger partial charge in [-0.2, -0.15) is 5.10 Å². The average molecular weight is 490 g/mol. The van der Waals surface area contributed by atoms with Crippen LogP contribution >= 0.6 is 22.9 Å². The lowest BCUT2D eigenvalue weighted by Crippen LogP contribution is -2.29. The van der Waals surface area contributed by atoms with Gasteiger partial charge in [-0.25, -0.2) is 4.68 Å². The molecule has 0 aromatic carbocycles. The first kappa shape index (κ1) is 24.9. The summed E-state index contributed by atoms with van der Waals surface area (Å²) in [5.41, 5.74) is 0.632. The molecule has 3 aromatic rings. The van der Waals surface area contributed by atoms with E-state index >= 15 is 0 Å². The van der Waals surface area contributed by atoms with Crippen molar-refractivity contribution in [1.82, 2.24) is 14.3 Å². The number of hydrogen-bond acceptors (Lipinski definition) is 6. The molecular weight excluding hydrogens is 462 g/mol. The number of esters is 1. The Morgan fingerprint density at radius 3 is 2.58 bits per heavy atom. The van der Waals surface area contributed by atoms with E-state index in [1.165, 1.54) is 20.6 Å². The van der Waals surface area contributed by atoms with Crippen LogP contribution in [0.25, 0.3) is 11.3 Å². The highest BCUT2D eigenvalue weighted by molar-refractivity contribution is 7.16. The highest BCUT2D eigenvalue weighted by Crippen LogP contribution is 2.25. The molecule has 3 aromatic heterocycles. The second kappa shape index (κ2) is 10.5. The van der Waals surface area contributed by atoms with Crippen molar-refractivity contribution in [2.45, 2.75) is 53.5 Å². The molecule has 9 heteroatoms. The van der Waals surface area contributed by atoms with Gasteiger partial charge in [-0.1, -0.05) is 32.4 Å². The van der Waals surface area contributed by atoms with E-state index < -0.39 is 5.41 Å². The van der Waals surface area contributed by atoms with E-state index in [0.717, 1.165) is 14.9 Å². The average Bonchev–Trinajstić information content (AvgIpc) is 3.36. The molecule has 0 radical (unpaired) electrons. The molecule has 3 rings (SSSR count). The summed E-state index contributed by atoms with van der Waals surface area (Å²) in [5, 5.41) is 4.53. The zero-order chi connectivity index (χ0) is 24.2. The maximum Gasteiger partial charge on any atom is 0.307 e. The van der Waals surface area contributed by atoms with Crippen molar-refractivity contribution in [3.63, 3.8) is 0 Å². The molecule has 0 aliphatic carbocycles. The van der Waals surface area contributed by atoms with E-state index in [0.29, 0.717) is 30.7 Å². The number of aromatic nitrogens is 3. The van der Waals surface area contributed by atoms with E-state index in [-0.39, 0.29) is 30.4 Å². The molecule has 0 atom stereocenters. The van der Waals surface area contributed by atoms with Crippen molar-refractivity contribution in [1.29, 1.82) is 0 Å². The lowest BCUT2D eigenvalue weighted by Gasteiger charge is -2.17. The highest BCUT2D eigenvalue weighted by Gasteiger charge is 2.27. The highest BCUT2D eigenvalue weighted by atomic mass is 35.5. The number of rotatable bonds is 8. The molecular formula is C24H28ClN3O4S. The molecule has 0 amide bonds. The summed E-state index contributed by atoms with van der Waals surface area (Å²) in [5.74, 6) is -0.502. The van der Waals surface area contributed by atoms with Gasteiger partial charge in [0.2, 0.25) is 0 Å². The molecule has 7 nitrogen and oxygen atoms in total. The van der Waals surface area contributed by atoms with Crippen molar-refractivity contribution >= 4 is 34.8 Å². The SMILES string of the molecule is CCOC(=O)CCn1cccc(-c2cc(CCc3ccc(Cl)s3)n(C(=O)C(C)(C)C)n2)c1=O. The Kier molecular flexibility index (Phi) is 7.92. The summed E-state index contributed by atoms with van der Waals surface area (Å²) in [6.45, 7) is 7.76. The fraction of sp³-hybridized carbons (Fsp3) is 0.417. The fourth-order valence-electron chi connectivity index (χ4n) is 3.31. The van der Waals surface area contributed by atoms with Crippen LogP contribution < -0.4 is 5.56 Å². The molecule has 0 saturated heterocycles. The topological polar surface area (TPSA) is 83.2 Å². The lowest BCUT2D eigenvalue weighted by atomic mass is 9.95. The van der Waals surface area contributed by atoms with Gasteiger partial charge < -0.3 is 9.30 Å². The Morgan fingerprint density at radius 1 is 1.18 bits per heavy atom. The number of hydrogen-bond donors (Lipinski definition) is 0. The third-order valence-corrected chi connectivity index (χ3v) is 6.32. The van der Waals surface area contributed by atoms with Crippen LogP contribution in [0.3, 0.4) is 0 Å². The number of thiophene rings is 1. The van der Waals surface area contributed by atoms with Crippen molar-refractivity contribution < 1.29 is 14.3 Å². The molecule has 0 aliphatic heterocycles. The second-order valence-electron chi connectivity index (χ2n) is 8.67. The number of halogens is 1. The van der Waals surface area contributed by atoms with Crippen LogP contribution in [-0.2, 0) is 28.9 Å². The Morgan fingerprint density at radius 2 is 1.94 bits per heavy atom. The van der Waals surface area contributed by atoms with E-state index in [2.05, 4.69) is 5.10 Å². The molecule has 0 unspecified atom stereocenters. The van der Waals surface area contributed by atoms with Gasteiger partial charge >= 0.3 is 5.97 Å². The van der Waals surface area contributed by atoms with Crippen LogP contribution in [-0.4, -0.2) is 32.8 Å². The fourth-order valence-corrected chi connectivity index (χ4v) is 4.40. The first-order valence-corrected chi connectivity index (χ1v) is 12.0. The largest absolute Gasteiger partial charge is 0.466 e. The number of carbonyl (C=O) groups is 2. The molecule has 0 spiro atoms. The van der Waals surface area contributed by atoms with E-state index in [4.69, 9.17) is 16.3 Å². The standard InChI is InChI=1S/C24H28ClN3O4S/c1-5-32-21(29)12-14-27-13-6-7-18(22(27)30)19-15-16(8-9-17-10-11-20(25)33-17)28(26-19)23(31)24(2,3)4/h6-7,10-11,13,15H,5,8-9,12,14H2,1-4H3. The lowest BCUT2D eigenvalue weighted by molar-refractivity contribution is -0.143. The Balaban J connectivity index is 1.93. The van der Waals surface area contributed by atoms with E-state index in [1.54, 1.807) is 31.3 Å². The molecule has 0 saturated carbocycles. The van der Waals surface area contributed by atoms with Crippen LogP contribution in [0, 0.1) is 5.41 Å². The Bertz CT molecular complexity index is 1200. The third kappa shape index (κ3) is 6.21. The minimum absolute atomic E-state index is 0.1000. The minimum atomic E-state index is -0.638. The summed E-state index contributed by atoms with van der Waals surface area (Å²) in [6.07, 6.45) is 3.01. The first-order chi connectivity index (χ1) is 15.6. The van der Waals surface area contributed by atoms with Gasteiger partial charge in [0.25, 0.3) is 11.5 Å². The molecule has 0 aliphatic rings. The molecule has 176 valence electrons. The smallest absolute Gasteiger partial charge is 0.307 e. The molecule has 3 heterocycles. The first-order valence-electron chi connectivity index (χ1n) is 10.8. The maximum atomic E-state index is 13.1. The predicted molar refractivity (Wildman–Crippen MR) is 130 cm³/mol. The number of aryl methyl sites for hydroxylation is 3. The zero-order valence-electron chi connectivity index (χ0n) is 19.3. The molecule has 33 heavy (non-hydrogen) atoms. The Labute approximate surface area is 202 Å². The van der Waals surface area contributed by atoms with Gasteiger partial charge in [-0.15, -0.1) is 11.3 Å². The molecule has 0 bridgehead atoms. The van der Waals surface area contributed by atoms with Crippen LogP contribution in [0.4, 0.5) is 0 Å². The van der Waals surface area contributed by atoms with Crippen LogP contribution in [0.5, 0.6) is 0 Å². The van der Waals surface area contributed by atoms with E-state index in [9.17, 15) is 14.4 Å². The summed E-state index contributed by atoms with van der Waals surface area (Å²) in [7, 11) is 0. The van der Waals surface area contributed by atoms with Crippen molar-refractivity contribution in [3.05, 3.63) is 61.8 Å². The number of pyridine rings is 1. The van der Waals surface area contributed by atoms with Gasteiger partial charge in [0.05, 0.1) is 28.6 Å². The van der Waals surface area contributed by atoms with Gasteiger partial charge in [-0.3, -0.25) is 14.4 Å². The Hall–Kier alpha value is -2.71. The van der Waals surface area contributed by atoms with Crippen LogP contribution in [0.1, 0.15) is 49.5 Å². The van der Waals surface area contributed by atoms with Gasteiger partial charge in [-0.05, 0) is 50.1 Å². The number of nitrogens with zero attached hydrogens (tertiary/aromatic N) is 3. The summed E-state index contributed by atoms with van der Waals surface area (Å²) >= 11 is 7.55. The molecule has 0 N–H and O–H groups in total. The maximum absolute atomic E-state index is 13.1. The van der Waals surface area contributed by atoms with Gasteiger partial charge in [0, 0.05) is 28.7 Å². The van der Waals surface area contributed by atoms with E-state index in [1.807, 2.05) is 32.9 Å². The number of carbonyl (C=O) groups excluding carboxylic acids is 2. The van der Waals surface area contributed by atoms with Crippen LogP contribution in [0.2, 0.25) is 4.34 Å². The van der Waals surface area contributed by atoms with Crippen molar-refractivity contribution in [3.8, 4) is 11.3 Å². The summed E-state index contributed by atoms with van der Waals surface area (Å²) in [4.78, 5) is 39.0. The van der Waals surface area contributed by atoms with Crippen LogP contribution in [0.15, 0.2) is 41.3 Å². The van der Waals surface area contributed by atoms with Crippen molar-refractivity contribution in [2.24, 2.45) is 5.41 Å².